The van der Waals surface area contributed by atoms with E-state index < -0.39 is 11.6 Å². The minimum Gasteiger partial charge on any atom is -0.472 e. The summed E-state index contributed by atoms with van der Waals surface area (Å²) in [6.07, 6.45) is 2.23. The molecule has 2 rings (SSSR count). The van der Waals surface area contributed by atoms with E-state index in [4.69, 9.17) is 10.5 Å². The van der Waals surface area contributed by atoms with E-state index in [1.165, 1.54) is 0 Å². The molecule has 0 saturated heterocycles. The van der Waals surface area contributed by atoms with Gasteiger partial charge in [0.15, 0.2) is 5.82 Å². The summed E-state index contributed by atoms with van der Waals surface area (Å²) in [7, 11) is 0. The molecule has 76 valence electrons. The van der Waals surface area contributed by atoms with E-state index in [1.807, 2.05) is 0 Å². The topological polar surface area (TPSA) is 48.1 Å². The summed E-state index contributed by atoms with van der Waals surface area (Å²) >= 11 is 0. The van der Waals surface area contributed by atoms with Crippen LogP contribution >= 0.6 is 0 Å². The van der Waals surface area contributed by atoms with E-state index in [-0.39, 0.29) is 18.0 Å². The Balaban J connectivity index is 2.02. The van der Waals surface area contributed by atoms with Crippen LogP contribution < -0.4 is 10.5 Å². The fourth-order valence-corrected chi connectivity index (χ4v) is 1.35. The lowest BCUT2D eigenvalue weighted by Crippen LogP contribution is -2.43. The number of pyridine rings is 1. The predicted octanol–water partition coefficient (Wildman–Crippen LogP) is 1.23. The number of nitrogens with two attached hydrogens (primary N) is 1. The van der Waals surface area contributed by atoms with Crippen LogP contribution in [0.3, 0.4) is 0 Å². The van der Waals surface area contributed by atoms with Crippen molar-refractivity contribution in [3.63, 3.8) is 0 Å². The maximum Gasteiger partial charge on any atom is 0.250 e. The zero-order chi connectivity index (χ0) is 10.1. The summed E-state index contributed by atoms with van der Waals surface area (Å²) in [5.74, 6) is -1.63. The first-order valence-corrected chi connectivity index (χ1v) is 4.38. The van der Waals surface area contributed by atoms with Crippen LogP contribution in [-0.2, 0) is 0 Å². The SMILES string of the molecule is NC1CC(Oc2ncc(F)cc2F)C1. The van der Waals surface area contributed by atoms with Gasteiger partial charge in [-0.3, -0.25) is 0 Å². The molecule has 0 bridgehead atoms. The molecule has 3 nitrogen and oxygen atoms in total. The van der Waals surface area contributed by atoms with Gasteiger partial charge in [-0.25, -0.2) is 13.8 Å². The van der Waals surface area contributed by atoms with Crippen molar-refractivity contribution in [3.8, 4) is 5.88 Å². The summed E-state index contributed by atoms with van der Waals surface area (Å²) < 4.78 is 30.6. The monoisotopic (exact) mass is 200 g/mol. The summed E-state index contributed by atoms with van der Waals surface area (Å²) in [6.45, 7) is 0. The van der Waals surface area contributed by atoms with E-state index in [1.54, 1.807) is 0 Å². The van der Waals surface area contributed by atoms with Crippen LogP contribution in [0, 0.1) is 11.6 Å². The van der Waals surface area contributed by atoms with Gasteiger partial charge in [0.1, 0.15) is 11.9 Å². The molecular weight excluding hydrogens is 190 g/mol. The van der Waals surface area contributed by atoms with Crippen LogP contribution in [-0.4, -0.2) is 17.1 Å². The van der Waals surface area contributed by atoms with Crippen molar-refractivity contribution in [2.45, 2.75) is 25.0 Å². The third kappa shape index (κ3) is 1.82. The number of ether oxygens (including phenoxy) is 1. The van der Waals surface area contributed by atoms with Gasteiger partial charge in [0.2, 0.25) is 0 Å². The lowest BCUT2D eigenvalue weighted by atomic mass is 9.90. The first-order chi connectivity index (χ1) is 6.65. The molecule has 1 heterocycles. The molecule has 0 aromatic carbocycles. The van der Waals surface area contributed by atoms with Crippen LogP contribution in [0.4, 0.5) is 8.78 Å². The molecule has 0 amide bonds. The molecule has 1 saturated carbocycles. The van der Waals surface area contributed by atoms with Gasteiger partial charge in [0, 0.05) is 12.1 Å². The van der Waals surface area contributed by atoms with E-state index in [9.17, 15) is 8.78 Å². The maximum atomic E-state index is 13.0. The smallest absolute Gasteiger partial charge is 0.250 e. The molecule has 1 aliphatic rings. The highest BCUT2D eigenvalue weighted by Gasteiger charge is 2.28. The molecule has 0 spiro atoms. The van der Waals surface area contributed by atoms with Crippen LogP contribution in [0.2, 0.25) is 0 Å². The molecular formula is C9H10F2N2O. The second kappa shape index (κ2) is 3.49. The van der Waals surface area contributed by atoms with Gasteiger partial charge < -0.3 is 10.5 Å². The van der Waals surface area contributed by atoms with Crippen molar-refractivity contribution in [1.29, 1.82) is 0 Å². The first kappa shape index (κ1) is 9.33. The quantitative estimate of drug-likeness (QED) is 0.781. The highest BCUT2D eigenvalue weighted by Crippen LogP contribution is 2.24. The van der Waals surface area contributed by atoms with Gasteiger partial charge in [-0.15, -0.1) is 0 Å². The Hall–Kier alpha value is -1.23. The molecule has 14 heavy (non-hydrogen) atoms. The molecule has 0 radical (unpaired) electrons. The fourth-order valence-electron chi connectivity index (χ4n) is 1.35. The van der Waals surface area contributed by atoms with Gasteiger partial charge in [-0.05, 0) is 12.8 Å². The third-order valence-corrected chi connectivity index (χ3v) is 2.18. The normalized spacial score (nSPS) is 25.6. The number of rotatable bonds is 2. The number of halogens is 2. The van der Waals surface area contributed by atoms with E-state index >= 15 is 0 Å². The minimum absolute atomic E-state index is 0.0857. The summed E-state index contributed by atoms with van der Waals surface area (Å²) in [4.78, 5) is 3.51. The summed E-state index contributed by atoms with van der Waals surface area (Å²) in [5.41, 5.74) is 5.53. The first-order valence-electron chi connectivity index (χ1n) is 4.38. The number of hydrogen-bond donors (Lipinski definition) is 1. The fraction of sp³-hybridized carbons (Fsp3) is 0.444. The molecule has 1 aliphatic carbocycles. The number of nitrogens with zero attached hydrogens (tertiary/aromatic N) is 1. The van der Waals surface area contributed by atoms with Gasteiger partial charge in [-0.2, -0.15) is 0 Å². The zero-order valence-electron chi connectivity index (χ0n) is 7.41. The molecule has 0 unspecified atom stereocenters. The molecule has 1 aromatic rings. The summed E-state index contributed by atoms with van der Waals surface area (Å²) in [6, 6.07) is 0.879. The van der Waals surface area contributed by atoms with E-state index in [0.29, 0.717) is 12.8 Å². The van der Waals surface area contributed by atoms with Crippen LogP contribution in [0.5, 0.6) is 5.88 Å². The molecule has 1 fully saturated rings. The Morgan fingerprint density at radius 2 is 2.14 bits per heavy atom. The lowest BCUT2D eigenvalue weighted by Gasteiger charge is -2.32. The van der Waals surface area contributed by atoms with Crippen molar-refractivity contribution < 1.29 is 13.5 Å². The van der Waals surface area contributed by atoms with Gasteiger partial charge >= 0.3 is 0 Å². The number of aromatic nitrogens is 1. The molecule has 2 N–H and O–H groups in total. The van der Waals surface area contributed by atoms with Gasteiger partial charge in [0.05, 0.1) is 6.20 Å². The Morgan fingerprint density at radius 1 is 1.43 bits per heavy atom. The average molecular weight is 200 g/mol. The van der Waals surface area contributed by atoms with Crippen LogP contribution in [0.25, 0.3) is 0 Å². The van der Waals surface area contributed by atoms with Gasteiger partial charge in [0.25, 0.3) is 5.88 Å². The summed E-state index contributed by atoms with van der Waals surface area (Å²) in [5, 5.41) is 0. The van der Waals surface area contributed by atoms with Gasteiger partial charge in [-0.1, -0.05) is 0 Å². The van der Waals surface area contributed by atoms with Crippen molar-refractivity contribution in [3.05, 3.63) is 23.9 Å². The highest BCUT2D eigenvalue weighted by molar-refractivity contribution is 5.15. The lowest BCUT2D eigenvalue weighted by molar-refractivity contribution is 0.0906. The molecule has 1 aromatic heterocycles. The standard InChI is InChI=1S/C9H10F2N2O/c10-5-1-8(11)9(13-4-5)14-7-2-6(12)3-7/h1,4,6-7H,2-3,12H2. The molecule has 0 atom stereocenters. The largest absolute Gasteiger partial charge is 0.472 e. The van der Waals surface area contributed by atoms with Crippen LogP contribution in [0.15, 0.2) is 12.3 Å². The minimum atomic E-state index is -0.773. The van der Waals surface area contributed by atoms with E-state index in [2.05, 4.69) is 4.98 Å². The van der Waals surface area contributed by atoms with E-state index in [0.717, 1.165) is 12.3 Å². The highest BCUT2D eigenvalue weighted by atomic mass is 19.1. The average Bonchev–Trinajstić information content (AvgIpc) is 2.06. The van der Waals surface area contributed by atoms with Crippen molar-refractivity contribution >= 4 is 0 Å². The zero-order valence-corrected chi connectivity index (χ0v) is 7.41. The van der Waals surface area contributed by atoms with Crippen LogP contribution in [0.1, 0.15) is 12.8 Å². The Labute approximate surface area is 79.9 Å². The Kier molecular flexibility index (Phi) is 2.33. The Morgan fingerprint density at radius 3 is 2.71 bits per heavy atom. The molecule has 0 aliphatic heterocycles. The molecule has 5 heteroatoms. The van der Waals surface area contributed by atoms with Crippen molar-refractivity contribution in [2.75, 3.05) is 0 Å². The second-order valence-corrected chi connectivity index (χ2v) is 3.41. The Bertz CT molecular complexity index is 340. The second-order valence-electron chi connectivity index (χ2n) is 3.41. The third-order valence-electron chi connectivity index (χ3n) is 2.18. The number of hydrogen-bond acceptors (Lipinski definition) is 3. The van der Waals surface area contributed by atoms with Crippen molar-refractivity contribution in [1.82, 2.24) is 4.98 Å². The maximum absolute atomic E-state index is 13.0. The van der Waals surface area contributed by atoms with Crippen molar-refractivity contribution in [2.24, 2.45) is 5.73 Å². The predicted molar refractivity (Wildman–Crippen MR) is 45.8 cm³/mol.